The number of carbonyl (C=O) groups excluding carboxylic acids is 1. The Balaban J connectivity index is 2.03. The van der Waals surface area contributed by atoms with Crippen LogP contribution in [0.2, 0.25) is 0 Å². The molecule has 1 unspecified atom stereocenters. The minimum absolute atomic E-state index is 0.0778. The van der Waals surface area contributed by atoms with Crippen LogP contribution in [0.25, 0.3) is 0 Å². The summed E-state index contributed by atoms with van der Waals surface area (Å²) in [6.07, 6.45) is 3.92. The molecule has 1 aliphatic heterocycles. The van der Waals surface area contributed by atoms with Crippen molar-refractivity contribution in [3.63, 3.8) is 0 Å². The Morgan fingerprint density at radius 3 is 2.26 bits per heavy atom. The van der Waals surface area contributed by atoms with Gasteiger partial charge < -0.3 is 14.7 Å². The van der Waals surface area contributed by atoms with Crippen molar-refractivity contribution < 1.29 is 23.1 Å². The number of hydrogen-bond donors (Lipinski definition) is 2. The number of unbranched alkanes of at least 4 members (excludes halogenated alkanes) is 1. The van der Waals surface area contributed by atoms with Gasteiger partial charge >= 0.3 is 6.09 Å². The maximum atomic E-state index is 12.7. The zero-order valence-electron chi connectivity index (χ0n) is 19.5. The van der Waals surface area contributed by atoms with Crippen molar-refractivity contribution in [1.82, 2.24) is 9.62 Å². The number of hydrogen-bond acceptors (Lipinski definition) is 5. The summed E-state index contributed by atoms with van der Waals surface area (Å²) in [5, 5.41) is 11.1. The lowest BCUT2D eigenvalue weighted by Gasteiger charge is -2.39. The second kappa shape index (κ2) is 10.3. The maximum Gasteiger partial charge on any atom is 0.410 e. The van der Waals surface area contributed by atoms with Gasteiger partial charge in [0.15, 0.2) is 0 Å². The van der Waals surface area contributed by atoms with Crippen LogP contribution in [0, 0.1) is 0 Å². The van der Waals surface area contributed by atoms with Crippen LogP contribution < -0.4 is 4.72 Å². The van der Waals surface area contributed by atoms with Crippen LogP contribution in [-0.2, 0) is 20.4 Å². The third kappa shape index (κ3) is 7.19. The van der Waals surface area contributed by atoms with E-state index in [0.29, 0.717) is 31.5 Å². The lowest BCUT2D eigenvalue weighted by molar-refractivity contribution is -0.0356. The minimum Gasteiger partial charge on any atom is -0.444 e. The number of ether oxygens (including phenoxy) is 1. The van der Waals surface area contributed by atoms with Gasteiger partial charge in [0.05, 0.1) is 10.5 Å². The molecule has 176 valence electrons. The first-order chi connectivity index (χ1) is 14.4. The normalized spacial score (nSPS) is 17.9. The lowest BCUT2D eigenvalue weighted by atomic mass is 9.84. The third-order valence-electron chi connectivity index (χ3n) is 5.67. The first kappa shape index (κ1) is 25.6. The SMILES string of the molecule is CCCCC(CC)NS(=O)(=O)c1ccc(C2(O)CCN(C(=O)OC(C)(C)C)CC2)cc1. The van der Waals surface area contributed by atoms with Gasteiger partial charge in [-0.05, 0) is 64.2 Å². The maximum absolute atomic E-state index is 12.7. The smallest absolute Gasteiger partial charge is 0.410 e. The fourth-order valence-corrected chi connectivity index (χ4v) is 5.06. The molecule has 1 aromatic rings. The van der Waals surface area contributed by atoms with Crippen molar-refractivity contribution in [2.45, 2.75) is 95.3 Å². The number of amides is 1. The van der Waals surface area contributed by atoms with Crippen LogP contribution in [0.4, 0.5) is 4.79 Å². The lowest BCUT2D eigenvalue weighted by Crippen LogP contribution is -2.46. The molecule has 1 atom stereocenters. The van der Waals surface area contributed by atoms with Gasteiger partial charge in [0, 0.05) is 19.1 Å². The minimum atomic E-state index is -3.61. The molecule has 0 spiro atoms. The standard InChI is InChI=1S/C23H38N2O5S/c1-6-8-9-19(7-2)24-31(28,29)20-12-10-18(11-13-20)23(27)14-16-25(17-15-23)21(26)30-22(3,4)5/h10-13,19,24,27H,6-9,14-17H2,1-5H3. The van der Waals surface area contributed by atoms with Gasteiger partial charge in [-0.1, -0.05) is 38.8 Å². The molecule has 8 heteroatoms. The van der Waals surface area contributed by atoms with Crippen LogP contribution in [0.15, 0.2) is 29.2 Å². The van der Waals surface area contributed by atoms with E-state index < -0.39 is 21.2 Å². The van der Waals surface area contributed by atoms with Crippen molar-refractivity contribution in [1.29, 1.82) is 0 Å². The monoisotopic (exact) mass is 454 g/mol. The van der Waals surface area contributed by atoms with Gasteiger partial charge in [-0.2, -0.15) is 0 Å². The second-order valence-corrected chi connectivity index (χ2v) is 11.1. The van der Waals surface area contributed by atoms with Crippen molar-refractivity contribution in [2.75, 3.05) is 13.1 Å². The van der Waals surface area contributed by atoms with Crippen LogP contribution >= 0.6 is 0 Å². The summed E-state index contributed by atoms with van der Waals surface area (Å²) >= 11 is 0. The molecule has 0 aromatic heterocycles. The molecular weight excluding hydrogens is 416 g/mol. The molecule has 0 radical (unpaired) electrons. The van der Waals surface area contributed by atoms with E-state index in [-0.39, 0.29) is 17.0 Å². The van der Waals surface area contributed by atoms with Gasteiger partial charge in [0.25, 0.3) is 0 Å². The summed E-state index contributed by atoms with van der Waals surface area (Å²) in [5.74, 6) is 0. The van der Waals surface area contributed by atoms with Crippen molar-refractivity contribution in [3.05, 3.63) is 29.8 Å². The summed E-state index contributed by atoms with van der Waals surface area (Å²) in [5.41, 5.74) is -0.997. The summed E-state index contributed by atoms with van der Waals surface area (Å²) in [6.45, 7) is 10.3. The summed E-state index contributed by atoms with van der Waals surface area (Å²) in [6, 6.07) is 6.35. The van der Waals surface area contributed by atoms with Gasteiger partial charge in [0.1, 0.15) is 5.60 Å². The summed E-state index contributed by atoms with van der Waals surface area (Å²) < 4.78 is 33.7. The van der Waals surface area contributed by atoms with E-state index in [1.54, 1.807) is 29.2 Å². The van der Waals surface area contributed by atoms with E-state index in [4.69, 9.17) is 4.74 Å². The second-order valence-electron chi connectivity index (χ2n) is 9.39. The van der Waals surface area contributed by atoms with E-state index in [9.17, 15) is 18.3 Å². The number of nitrogens with zero attached hydrogens (tertiary/aromatic N) is 1. The average molecular weight is 455 g/mol. The Hall–Kier alpha value is -1.64. The van der Waals surface area contributed by atoms with Crippen molar-refractivity contribution >= 4 is 16.1 Å². The van der Waals surface area contributed by atoms with Gasteiger partial charge in [0.2, 0.25) is 10.0 Å². The first-order valence-corrected chi connectivity index (χ1v) is 12.7. The van der Waals surface area contributed by atoms with Crippen molar-refractivity contribution in [3.8, 4) is 0 Å². The highest BCUT2D eigenvalue weighted by molar-refractivity contribution is 7.89. The number of benzene rings is 1. The first-order valence-electron chi connectivity index (χ1n) is 11.2. The Labute approximate surface area is 187 Å². The third-order valence-corrected chi connectivity index (χ3v) is 7.20. The Kier molecular flexibility index (Phi) is 8.53. The number of aliphatic hydroxyl groups is 1. The Morgan fingerprint density at radius 2 is 1.77 bits per heavy atom. The zero-order valence-corrected chi connectivity index (χ0v) is 20.3. The molecule has 1 amide bonds. The van der Waals surface area contributed by atoms with Crippen molar-refractivity contribution in [2.24, 2.45) is 0 Å². The topological polar surface area (TPSA) is 95.9 Å². The highest BCUT2D eigenvalue weighted by atomic mass is 32.2. The number of piperidine rings is 1. The van der Waals surface area contributed by atoms with Gasteiger partial charge in [-0.3, -0.25) is 0 Å². The number of nitrogens with one attached hydrogen (secondary N) is 1. The molecule has 1 fully saturated rings. The summed E-state index contributed by atoms with van der Waals surface area (Å²) in [7, 11) is -3.61. The fraction of sp³-hybridized carbons (Fsp3) is 0.696. The predicted molar refractivity (Wildman–Crippen MR) is 121 cm³/mol. The van der Waals surface area contributed by atoms with E-state index in [1.165, 1.54) is 0 Å². The Bertz CT molecular complexity index is 823. The van der Waals surface area contributed by atoms with Crippen LogP contribution in [-0.4, -0.2) is 49.2 Å². The van der Waals surface area contributed by atoms with E-state index >= 15 is 0 Å². The fourth-order valence-electron chi connectivity index (χ4n) is 3.70. The molecule has 0 aliphatic carbocycles. The average Bonchev–Trinajstić information content (AvgIpc) is 2.70. The number of rotatable bonds is 8. The molecule has 0 bridgehead atoms. The van der Waals surface area contributed by atoms with E-state index in [1.807, 2.05) is 27.7 Å². The molecule has 1 saturated heterocycles. The molecule has 2 rings (SSSR count). The molecular formula is C23H38N2O5S. The largest absolute Gasteiger partial charge is 0.444 e. The molecule has 31 heavy (non-hydrogen) atoms. The highest BCUT2D eigenvalue weighted by Gasteiger charge is 2.37. The summed E-state index contributed by atoms with van der Waals surface area (Å²) in [4.78, 5) is 14.0. The van der Waals surface area contributed by atoms with Crippen LogP contribution in [0.5, 0.6) is 0 Å². The Morgan fingerprint density at radius 1 is 1.19 bits per heavy atom. The molecule has 1 aliphatic rings. The molecule has 2 N–H and O–H groups in total. The van der Waals surface area contributed by atoms with Crippen LogP contribution in [0.3, 0.4) is 0 Å². The zero-order chi connectivity index (χ0) is 23.3. The number of likely N-dealkylation sites (tertiary alicyclic amines) is 1. The molecule has 0 saturated carbocycles. The molecule has 1 aromatic carbocycles. The van der Waals surface area contributed by atoms with Gasteiger partial charge in [-0.15, -0.1) is 0 Å². The van der Waals surface area contributed by atoms with E-state index in [0.717, 1.165) is 25.7 Å². The molecule has 7 nitrogen and oxygen atoms in total. The number of carbonyl (C=O) groups is 1. The predicted octanol–water partition coefficient (Wildman–Crippen LogP) is 4.15. The molecule has 1 heterocycles. The highest BCUT2D eigenvalue weighted by Crippen LogP contribution is 2.33. The van der Waals surface area contributed by atoms with Gasteiger partial charge in [-0.25, -0.2) is 17.9 Å². The van der Waals surface area contributed by atoms with Crippen LogP contribution in [0.1, 0.15) is 78.7 Å². The number of sulfonamides is 1. The van der Waals surface area contributed by atoms with E-state index in [2.05, 4.69) is 11.6 Å². The quantitative estimate of drug-likeness (QED) is 0.615.